The van der Waals surface area contributed by atoms with Gasteiger partial charge in [0.1, 0.15) is 0 Å². The van der Waals surface area contributed by atoms with E-state index in [1.165, 1.54) is 0 Å². The van der Waals surface area contributed by atoms with E-state index in [2.05, 4.69) is 5.73 Å². The topological polar surface area (TPSA) is 63.3 Å². The monoisotopic (exact) mass is 119 g/mol. The second kappa shape index (κ2) is 9.66. The number of rotatable bonds is 2. The number of hydrogen-bond acceptors (Lipinski definition) is 2. The zero-order valence-corrected chi connectivity index (χ0v) is 5.35. The number of aliphatic hydroxyl groups is 1. The van der Waals surface area contributed by atoms with Crippen LogP contribution in [0.5, 0.6) is 0 Å². The number of aliphatic hydroxyl groups excluding tert-OH is 1. The Morgan fingerprint density at radius 1 is 1.62 bits per heavy atom. The molecule has 0 aromatic rings. The molecule has 0 radical (unpaired) electrons. The fourth-order valence-electron chi connectivity index (χ4n) is 0.110. The minimum atomic E-state index is -0.461. The van der Waals surface area contributed by atoms with Gasteiger partial charge in [-0.05, 0) is 0 Å². The Bertz CT molecular complexity index is 54.4. The highest BCUT2D eigenvalue weighted by Crippen LogP contribution is 1.66. The molecule has 0 aromatic carbocycles. The second-order valence-corrected chi connectivity index (χ2v) is 0.940. The van der Waals surface area contributed by atoms with Gasteiger partial charge in [0.25, 0.3) is 0 Å². The van der Waals surface area contributed by atoms with Crippen molar-refractivity contribution < 1.29 is 9.90 Å². The van der Waals surface area contributed by atoms with E-state index in [4.69, 9.17) is 5.11 Å². The number of carbonyl (C=O) groups excluding carboxylic acids is 1. The lowest BCUT2D eigenvalue weighted by atomic mass is 10.4. The molecule has 0 rings (SSSR count). The smallest absolute Gasteiger partial charge is 0.219 e. The van der Waals surface area contributed by atoms with Crippen molar-refractivity contribution in [2.75, 3.05) is 6.61 Å². The second-order valence-electron chi connectivity index (χ2n) is 0.940. The lowest BCUT2D eigenvalue weighted by Gasteiger charge is -1.81. The molecule has 0 saturated heterocycles. The normalized spacial score (nSPS) is 6.88. The average molecular weight is 119 g/mol. The van der Waals surface area contributed by atoms with E-state index in [0.717, 1.165) is 0 Å². The third-order valence-electron chi connectivity index (χ3n) is 0.358. The summed E-state index contributed by atoms with van der Waals surface area (Å²) < 4.78 is 0. The lowest BCUT2D eigenvalue weighted by molar-refractivity contribution is -0.118. The van der Waals surface area contributed by atoms with Gasteiger partial charge in [0.2, 0.25) is 5.91 Å². The SMILES string of the molecule is CC.NC(=O)CCO. The predicted molar refractivity (Wildman–Crippen MR) is 32.2 cm³/mol. The molecule has 8 heavy (non-hydrogen) atoms. The van der Waals surface area contributed by atoms with Gasteiger partial charge in [0.05, 0.1) is 6.61 Å². The number of nitrogens with two attached hydrogens (primary N) is 1. The molecule has 0 spiro atoms. The number of hydrogen-bond donors (Lipinski definition) is 2. The van der Waals surface area contributed by atoms with E-state index < -0.39 is 5.91 Å². The van der Waals surface area contributed by atoms with Gasteiger partial charge in [-0.3, -0.25) is 4.79 Å². The van der Waals surface area contributed by atoms with Crippen LogP contribution in [0.1, 0.15) is 20.3 Å². The molecule has 3 N–H and O–H groups in total. The molecular formula is C5H13NO2. The Labute approximate surface area is 49.5 Å². The maximum atomic E-state index is 9.66. The molecule has 0 fully saturated rings. The third kappa shape index (κ3) is 18.0. The van der Waals surface area contributed by atoms with E-state index in [-0.39, 0.29) is 13.0 Å². The van der Waals surface area contributed by atoms with E-state index in [1.807, 2.05) is 13.8 Å². The Hall–Kier alpha value is -0.570. The zero-order valence-electron chi connectivity index (χ0n) is 5.35. The summed E-state index contributed by atoms with van der Waals surface area (Å²) in [7, 11) is 0. The standard InChI is InChI=1S/C3H7NO2.C2H6/c4-3(6)1-2-5;1-2/h5H,1-2H2,(H2,4,6);1-2H3. The first-order valence-electron chi connectivity index (χ1n) is 2.66. The van der Waals surface area contributed by atoms with Crippen LogP contribution in [-0.4, -0.2) is 17.6 Å². The van der Waals surface area contributed by atoms with Crippen LogP contribution < -0.4 is 5.73 Å². The van der Waals surface area contributed by atoms with E-state index in [0.29, 0.717) is 0 Å². The third-order valence-corrected chi connectivity index (χ3v) is 0.358. The lowest BCUT2D eigenvalue weighted by Crippen LogP contribution is -2.11. The minimum Gasteiger partial charge on any atom is -0.396 e. The van der Waals surface area contributed by atoms with Gasteiger partial charge >= 0.3 is 0 Å². The van der Waals surface area contributed by atoms with Crippen molar-refractivity contribution in [3.8, 4) is 0 Å². The van der Waals surface area contributed by atoms with Crippen molar-refractivity contribution >= 4 is 5.91 Å². The first-order chi connectivity index (χ1) is 3.77. The summed E-state index contributed by atoms with van der Waals surface area (Å²) in [4.78, 5) is 9.66. The van der Waals surface area contributed by atoms with Crippen LogP contribution in [0.25, 0.3) is 0 Å². The molecule has 0 aliphatic heterocycles. The summed E-state index contributed by atoms with van der Waals surface area (Å²) in [6, 6.07) is 0. The summed E-state index contributed by atoms with van der Waals surface area (Å²) in [5.74, 6) is -0.461. The van der Waals surface area contributed by atoms with Crippen LogP contribution >= 0.6 is 0 Å². The van der Waals surface area contributed by atoms with Crippen molar-refractivity contribution in [2.24, 2.45) is 5.73 Å². The minimum absolute atomic E-state index is 0.0694. The fraction of sp³-hybridized carbons (Fsp3) is 0.800. The van der Waals surface area contributed by atoms with Crippen LogP contribution in [0.3, 0.4) is 0 Å². The molecule has 0 aliphatic carbocycles. The Morgan fingerprint density at radius 3 is 2.00 bits per heavy atom. The maximum absolute atomic E-state index is 9.66. The molecule has 0 bridgehead atoms. The molecule has 3 heteroatoms. The zero-order chi connectivity index (χ0) is 6.99. The molecule has 1 amide bonds. The van der Waals surface area contributed by atoms with Crippen LogP contribution in [0.15, 0.2) is 0 Å². The maximum Gasteiger partial charge on any atom is 0.219 e. The van der Waals surface area contributed by atoms with Crippen LogP contribution in [0.2, 0.25) is 0 Å². The van der Waals surface area contributed by atoms with Crippen molar-refractivity contribution in [1.29, 1.82) is 0 Å². The molecule has 0 aliphatic rings. The first-order valence-corrected chi connectivity index (χ1v) is 2.66. The molecule has 3 nitrogen and oxygen atoms in total. The Kier molecular flexibility index (Phi) is 12.6. The highest BCUT2D eigenvalue weighted by Gasteiger charge is 1.85. The van der Waals surface area contributed by atoms with Gasteiger partial charge in [0, 0.05) is 6.42 Å². The Morgan fingerprint density at radius 2 is 2.00 bits per heavy atom. The molecule has 50 valence electrons. The highest BCUT2D eigenvalue weighted by molar-refractivity contribution is 5.73. The highest BCUT2D eigenvalue weighted by atomic mass is 16.3. The van der Waals surface area contributed by atoms with E-state index >= 15 is 0 Å². The van der Waals surface area contributed by atoms with Gasteiger partial charge in [-0.1, -0.05) is 13.8 Å². The molecule has 0 unspecified atom stereocenters. The molecular weight excluding hydrogens is 106 g/mol. The number of carbonyl (C=O) groups is 1. The van der Waals surface area contributed by atoms with Crippen molar-refractivity contribution in [3.05, 3.63) is 0 Å². The Balaban J connectivity index is 0. The molecule has 0 atom stereocenters. The summed E-state index contributed by atoms with van der Waals surface area (Å²) >= 11 is 0. The number of primary amides is 1. The van der Waals surface area contributed by atoms with Crippen LogP contribution in [-0.2, 0) is 4.79 Å². The summed E-state index contributed by atoms with van der Waals surface area (Å²) in [5, 5.41) is 7.94. The quantitative estimate of drug-likeness (QED) is 0.532. The average Bonchev–Trinajstić information content (AvgIpc) is 1.72. The summed E-state index contributed by atoms with van der Waals surface area (Å²) in [6.45, 7) is 3.86. The molecule has 0 aromatic heterocycles. The van der Waals surface area contributed by atoms with Gasteiger partial charge in [-0.25, -0.2) is 0 Å². The summed E-state index contributed by atoms with van der Waals surface area (Å²) in [6.07, 6.45) is 0.0694. The predicted octanol–water partition coefficient (Wildman–Crippen LogP) is -0.120. The van der Waals surface area contributed by atoms with Gasteiger partial charge in [-0.2, -0.15) is 0 Å². The summed E-state index contributed by atoms with van der Waals surface area (Å²) in [5.41, 5.74) is 4.60. The van der Waals surface area contributed by atoms with Crippen molar-refractivity contribution in [2.45, 2.75) is 20.3 Å². The van der Waals surface area contributed by atoms with Crippen LogP contribution in [0, 0.1) is 0 Å². The van der Waals surface area contributed by atoms with Crippen LogP contribution in [0.4, 0.5) is 0 Å². The van der Waals surface area contributed by atoms with Crippen molar-refractivity contribution in [3.63, 3.8) is 0 Å². The largest absolute Gasteiger partial charge is 0.396 e. The first kappa shape index (κ1) is 10.4. The van der Waals surface area contributed by atoms with Gasteiger partial charge in [0.15, 0.2) is 0 Å². The van der Waals surface area contributed by atoms with Gasteiger partial charge < -0.3 is 10.8 Å². The number of amides is 1. The molecule has 0 saturated carbocycles. The van der Waals surface area contributed by atoms with Crippen molar-refractivity contribution in [1.82, 2.24) is 0 Å². The van der Waals surface area contributed by atoms with E-state index in [1.54, 1.807) is 0 Å². The van der Waals surface area contributed by atoms with E-state index in [9.17, 15) is 4.79 Å². The fourth-order valence-corrected chi connectivity index (χ4v) is 0.110. The molecule has 0 heterocycles. The van der Waals surface area contributed by atoms with Gasteiger partial charge in [-0.15, -0.1) is 0 Å².